The zero-order valence-electron chi connectivity index (χ0n) is 7.59. The first kappa shape index (κ1) is 9.27. The first-order valence-electron chi connectivity index (χ1n) is 3.89. The van der Waals surface area contributed by atoms with Gasteiger partial charge >= 0.3 is 0 Å². The monoisotopic (exact) mass is 174 g/mol. The molecule has 0 saturated carbocycles. The van der Waals surface area contributed by atoms with Crippen molar-refractivity contribution < 1.29 is 4.79 Å². The number of aromatic nitrogens is 1. The van der Waals surface area contributed by atoms with Gasteiger partial charge in [-0.15, -0.1) is 0 Å². The van der Waals surface area contributed by atoms with Crippen molar-refractivity contribution in [2.75, 3.05) is 5.32 Å². The van der Waals surface area contributed by atoms with Crippen LogP contribution in [0.1, 0.15) is 12.6 Å². The van der Waals surface area contributed by atoms with Crippen molar-refractivity contribution in [2.24, 2.45) is 0 Å². The highest BCUT2D eigenvalue weighted by atomic mass is 16.1. The van der Waals surface area contributed by atoms with Crippen LogP contribution in [-0.2, 0) is 4.79 Å². The summed E-state index contributed by atoms with van der Waals surface area (Å²) in [5.41, 5.74) is 1.49. The normalized spacial score (nSPS) is 8.46. The minimum absolute atomic E-state index is 0.307. The van der Waals surface area contributed by atoms with E-state index in [0.717, 1.165) is 5.69 Å². The van der Waals surface area contributed by atoms with Gasteiger partial charge in [-0.2, -0.15) is 0 Å². The van der Waals surface area contributed by atoms with Gasteiger partial charge in [-0.3, -0.25) is 9.78 Å². The number of carbonyl (C=O) groups is 1. The van der Waals surface area contributed by atoms with Crippen LogP contribution >= 0.6 is 0 Å². The summed E-state index contributed by atoms with van der Waals surface area (Å²) in [7, 11) is 0. The molecular formula is C10H10N2O. The standard InChI is InChI=1S/C10H10N2O/c1-3-5-10(13)12-9-6-4-7-11-8(9)2/h4,6-7H,1-2H3,(H,12,13). The lowest BCUT2D eigenvalue weighted by Gasteiger charge is -2.02. The van der Waals surface area contributed by atoms with Crippen LogP contribution in [0.4, 0.5) is 5.69 Å². The predicted octanol–water partition coefficient (Wildman–Crippen LogP) is 1.35. The molecule has 0 aliphatic heterocycles. The third kappa shape index (κ3) is 2.60. The summed E-state index contributed by atoms with van der Waals surface area (Å²) in [5, 5.41) is 2.64. The van der Waals surface area contributed by atoms with Crippen molar-refractivity contribution >= 4 is 11.6 Å². The van der Waals surface area contributed by atoms with Crippen molar-refractivity contribution in [3.8, 4) is 11.8 Å². The van der Waals surface area contributed by atoms with E-state index in [4.69, 9.17) is 0 Å². The van der Waals surface area contributed by atoms with Crippen LogP contribution in [-0.4, -0.2) is 10.9 Å². The molecule has 0 atom stereocenters. The van der Waals surface area contributed by atoms with Gasteiger partial charge in [0.05, 0.1) is 11.4 Å². The van der Waals surface area contributed by atoms with Gasteiger partial charge in [0, 0.05) is 6.20 Å². The molecule has 0 aliphatic rings. The third-order valence-corrected chi connectivity index (χ3v) is 1.49. The Morgan fingerprint density at radius 2 is 2.38 bits per heavy atom. The third-order valence-electron chi connectivity index (χ3n) is 1.49. The second-order valence-corrected chi connectivity index (χ2v) is 2.47. The predicted molar refractivity (Wildman–Crippen MR) is 51.1 cm³/mol. The summed E-state index contributed by atoms with van der Waals surface area (Å²) in [5.74, 6) is 4.61. The molecule has 3 heteroatoms. The van der Waals surface area contributed by atoms with E-state index in [1.54, 1.807) is 25.3 Å². The number of anilines is 1. The van der Waals surface area contributed by atoms with E-state index >= 15 is 0 Å². The lowest BCUT2D eigenvalue weighted by Crippen LogP contribution is -2.09. The number of aryl methyl sites for hydroxylation is 1. The van der Waals surface area contributed by atoms with E-state index < -0.39 is 0 Å². The molecule has 1 amide bonds. The summed E-state index contributed by atoms with van der Waals surface area (Å²) in [6.45, 7) is 3.45. The molecule has 0 aromatic carbocycles. The molecule has 13 heavy (non-hydrogen) atoms. The molecule has 1 aromatic rings. The Balaban J connectivity index is 2.78. The molecular weight excluding hydrogens is 164 g/mol. The smallest absolute Gasteiger partial charge is 0.300 e. The van der Waals surface area contributed by atoms with Crippen LogP contribution < -0.4 is 5.32 Å². The maximum Gasteiger partial charge on any atom is 0.300 e. The lowest BCUT2D eigenvalue weighted by atomic mass is 10.3. The fraction of sp³-hybridized carbons (Fsp3) is 0.200. The number of nitrogens with zero attached hydrogens (tertiary/aromatic N) is 1. The number of hydrogen-bond acceptors (Lipinski definition) is 2. The Kier molecular flexibility index (Phi) is 3.04. The molecule has 0 unspecified atom stereocenters. The van der Waals surface area contributed by atoms with Crippen molar-refractivity contribution in [2.45, 2.75) is 13.8 Å². The Bertz CT molecular complexity index is 374. The molecule has 0 fully saturated rings. The number of nitrogens with one attached hydrogen (secondary N) is 1. The molecule has 1 rings (SSSR count). The van der Waals surface area contributed by atoms with Crippen molar-refractivity contribution in [3.63, 3.8) is 0 Å². The van der Waals surface area contributed by atoms with E-state index in [2.05, 4.69) is 22.1 Å². The van der Waals surface area contributed by atoms with Gasteiger partial charge in [-0.1, -0.05) is 5.92 Å². The summed E-state index contributed by atoms with van der Waals surface area (Å²) in [4.78, 5) is 15.1. The molecule has 0 saturated heterocycles. The second kappa shape index (κ2) is 4.27. The Hall–Kier alpha value is -1.82. The van der Waals surface area contributed by atoms with Crippen LogP contribution in [0.2, 0.25) is 0 Å². The number of amides is 1. The minimum atomic E-state index is -0.307. The molecule has 1 aromatic heterocycles. The largest absolute Gasteiger partial charge is 0.313 e. The van der Waals surface area contributed by atoms with E-state index in [1.807, 2.05) is 6.92 Å². The fourth-order valence-corrected chi connectivity index (χ4v) is 0.883. The first-order valence-corrected chi connectivity index (χ1v) is 3.89. The number of rotatable bonds is 1. The fourth-order valence-electron chi connectivity index (χ4n) is 0.883. The Morgan fingerprint density at radius 3 is 3.00 bits per heavy atom. The van der Waals surface area contributed by atoms with Crippen LogP contribution in [0.25, 0.3) is 0 Å². The first-order chi connectivity index (χ1) is 6.24. The molecule has 66 valence electrons. The van der Waals surface area contributed by atoms with Crippen molar-refractivity contribution in [1.29, 1.82) is 0 Å². The SMILES string of the molecule is CC#CC(=O)Nc1cccnc1C. The van der Waals surface area contributed by atoms with Crippen molar-refractivity contribution in [3.05, 3.63) is 24.0 Å². The highest BCUT2D eigenvalue weighted by Crippen LogP contribution is 2.09. The highest BCUT2D eigenvalue weighted by Gasteiger charge is 2.00. The molecule has 0 bridgehead atoms. The van der Waals surface area contributed by atoms with Crippen LogP contribution in [0, 0.1) is 18.8 Å². The van der Waals surface area contributed by atoms with Gasteiger partial charge in [0.1, 0.15) is 0 Å². The zero-order chi connectivity index (χ0) is 9.68. The van der Waals surface area contributed by atoms with Crippen LogP contribution in [0.3, 0.4) is 0 Å². The maximum atomic E-state index is 11.1. The molecule has 1 N–H and O–H groups in total. The summed E-state index contributed by atoms with van der Waals surface area (Å²) >= 11 is 0. The lowest BCUT2D eigenvalue weighted by molar-refractivity contribution is -0.111. The van der Waals surface area contributed by atoms with Gasteiger partial charge in [0.25, 0.3) is 5.91 Å². The van der Waals surface area contributed by atoms with E-state index in [-0.39, 0.29) is 5.91 Å². The number of pyridine rings is 1. The Labute approximate surface area is 77.2 Å². The average molecular weight is 174 g/mol. The average Bonchev–Trinajstić information content (AvgIpc) is 2.09. The summed E-state index contributed by atoms with van der Waals surface area (Å²) < 4.78 is 0. The Morgan fingerprint density at radius 1 is 1.62 bits per heavy atom. The number of hydrogen-bond donors (Lipinski definition) is 1. The van der Waals surface area contributed by atoms with Crippen LogP contribution in [0.15, 0.2) is 18.3 Å². The minimum Gasteiger partial charge on any atom is -0.313 e. The second-order valence-electron chi connectivity index (χ2n) is 2.47. The van der Waals surface area contributed by atoms with Gasteiger partial charge in [-0.25, -0.2) is 0 Å². The summed E-state index contributed by atoms with van der Waals surface area (Å²) in [6.07, 6.45) is 1.68. The van der Waals surface area contributed by atoms with Gasteiger partial charge < -0.3 is 5.32 Å². The van der Waals surface area contributed by atoms with E-state index in [1.165, 1.54) is 0 Å². The molecule has 0 radical (unpaired) electrons. The topological polar surface area (TPSA) is 42.0 Å². The highest BCUT2D eigenvalue weighted by molar-refractivity contribution is 6.04. The van der Waals surface area contributed by atoms with Gasteiger partial charge in [-0.05, 0) is 31.9 Å². The van der Waals surface area contributed by atoms with Gasteiger partial charge in [0.2, 0.25) is 0 Å². The quantitative estimate of drug-likeness (QED) is 0.653. The van der Waals surface area contributed by atoms with Crippen molar-refractivity contribution in [1.82, 2.24) is 4.98 Å². The van der Waals surface area contributed by atoms with E-state index in [0.29, 0.717) is 5.69 Å². The van der Waals surface area contributed by atoms with Gasteiger partial charge in [0.15, 0.2) is 0 Å². The molecule has 0 spiro atoms. The summed E-state index contributed by atoms with van der Waals surface area (Å²) in [6, 6.07) is 3.56. The zero-order valence-corrected chi connectivity index (χ0v) is 7.59. The number of carbonyl (C=O) groups excluding carboxylic acids is 1. The van der Waals surface area contributed by atoms with E-state index in [9.17, 15) is 4.79 Å². The molecule has 3 nitrogen and oxygen atoms in total. The maximum absolute atomic E-state index is 11.1. The molecule has 0 aliphatic carbocycles. The van der Waals surface area contributed by atoms with Crippen LogP contribution in [0.5, 0.6) is 0 Å². The molecule has 1 heterocycles.